The zero-order valence-corrected chi connectivity index (χ0v) is 14.3. The second kappa shape index (κ2) is 9.09. The Labute approximate surface area is 131 Å². The lowest BCUT2D eigenvalue weighted by molar-refractivity contribution is -0.00186. The number of nitrogens with zero attached hydrogens (tertiary/aromatic N) is 2. The zero-order valence-electron chi connectivity index (χ0n) is 14.3. The first-order chi connectivity index (χ1) is 10.2. The number of nitrogens with one attached hydrogen (secondary N) is 1. The lowest BCUT2D eigenvalue weighted by Gasteiger charge is -2.49. The molecule has 4 nitrogen and oxygen atoms in total. The minimum absolute atomic E-state index is 0.756. The van der Waals surface area contributed by atoms with E-state index < -0.39 is 0 Å². The standard InChI is InChI=1S/C17H35N3O/c1-4-8-18-15-13-16-6-5-7-17(14-15)20(16)10-12-21-11-9-19(2)3/h15-18H,4-14H2,1-3H3. The van der Waals surface area contributed by atoms with Gasteiger partial charge < -0.3 is 15.0 Å². The molecule has 21 heavy (non-hydrogen) atoms. The van der Waals surface area contributed by atoms with Crippen molar-refractivity contribution >= 4 is 0 Å². The Hall–Kier alpha value is -0.160. The van der Waals surface area contributed by atoms with Gasteiger partial charge in [-0.15, -0.1) is 0 Å². The lowest BCUT2D eigenvalue weighted by Crippen LogP contribution is -2.57. The van der Waals surface area contributed by atoms with Crippen molar-refractivity contribution in [3.63, 3.8) is 0 Å². The summed E-state index contributed by atoms with van der Waals surface area (Å²) >= 11 is 0. The zero-order chi connectivity index (χ0) is 15.1. The summed E-state index contributed by atoms with van der Waals surface area (Å²) in [5, 5.41) is 3.75. The Kier molecular flexibility index (Phi) is 7.44. The summed E-state index contributed by atoms with van der Waals surface area (Å²) in [6.07, 6.45) is 8.13. The molecule has 0 radical (unpaired) electrons. The molecule has 2 rings (SSSR count). The Morgan fingerprint density at radius 3 is 2.48 bits per heavy atom. The van der Waals surface area contributed by atoms with Gasteiger partial charge in [0.05, 0.1) is 13.2 Å². The van der Waals surface area contributed by atoms with Gasteiger partial charge in [-0.1, -0.05) is 13.3 Å². The molecular weight excluding hydrogens is 262 g/mol. The maximum Gasteiger partial charge on any atom is 0.0594 e. The van der Waals surface area contributed by atoms with Crippen molar-refractivity contribution < 1.29 is 4.74 Å². The van der Waals surface area contributed by atoms with Gasteiger partial charge in [-0.25, -0.2) is 0 Å². The Balaban J connectivity index is 1.71. The molecule has 4 heteroatoms. The summed E-state index contributed by atoms with van der Waals surface area (Å²) in [6.45, 7) is 7.34. The van der Waals surface area contributed by atoms with Crippen LogP contribution in [0.4, 0.5) is 0 Å². The number of piperidine rings is 2. The van der Waals surface area contributed by atoms with Crippen LogP contribution in [0.1, 0.15) is 45.4 Å². The topological polar surface area (TPSA) is 27.7 Å². The van der Waals surface area contributed by atoms with E-state index in [1.165, 1.54) is 45.1 Å². The maximum atomic E-state index is 5.81. The molecule has 0 aromatic carbocycles. The van der Waals surface area contributed by atoms with E-state index >= 15 is 0 Å². The van der Waals surface area contributed by atoms with Crippen molar-refractivity contribution in [2.75, 3.05) is 46.9 Å². The largest absolute Gasteiger partial charge is 0.379 e. The molecule has 2 unspecified atom stereocenters. The highest BCUT2D eigenvalue weighted by Gasteiger charge is 2.37. The Bertz CT molecular complexity index is 271. The maximum absolute atomic E-state index is 5.81. The van der Waals surface area contributed by atoms with Crippen LogP contribution in [-0.2, 0) is 4.74 Å². The average molecular weight is 297 g/mol. The van der Waals surface area contributed by atoms with Gasteiger partial charge in [0, 0.05) is 31.2 Å². The summed E-state index contributed by atoms with van der Waals surface area (Å²) < 4.78 is 5.81. The Morgan fingerprint density at radius 2 is 1.86 bits per heavy atom. The number of hydrogen-bond donors (Lipinski definition) is 1. The molecular formula is C17H35N3O. The molecule has 2 saturated heterocycles. The van der Waals surface area contributed by atoms with E-state index in [0.717, 1.165) is 44.4 Å². The fourth-order valence-electron chi connectivity index (χ4n) is 3.88. The predicted octanol–water partition coefficient (Wildman–Crippen LogP) is 1.95. The summed E-state index contributed by atoms with van der Waals surface area (Å²) in [7, 11) is 4.20. The van der Waals surface area contributed by atoms with Gasteiger partial charge >= 0.3 is 0 Å². The van der Waals surface area contributed by atoms with Gasteiger partial charge in [0.25, 0.3) is 0 Å². The van der Waals surface area contributed by atoms with Crippen LogP contribution in [0.3, 0.4) is 0 Å². The number of ether oxygens (including phenoxy) is 1. The molecule has 0 saturated carbocycles. The Morgan fingerprint density at radius 1 is 1.14 bits per heavy atom. The fourth-order valence-corrected chi connectivity index (χ4v) is 3.88. The van der Waals surface area contributed by atoms with E-state index in [4.69, 9.17) is 4.74 Å². The van der Waals surface area contributed by atoms with Crippen LogP contribution in [0, 0.1) is 0 Å². The number of fused-ring (bicyclic) bond motifs is 2. The third-order valence-corrected chi connectivity index (χ3v) is 4.99. The van der Waals surface area contributed by atoms with Crippen LogP contribution in [-0.4, -0.2) is 74.9 Å². The van der Waals surface area contributed by atoms with Gasteiger partial charge in [-0.3, -0.25) is 4.90 Å². The molecule has 2 fully saturated rings. The predicted molar refractivity (Wildman–Crippen MR) is 88.8 cm³/mol. The third-order valence-electron chi connectivity index (χ3n) is 4.99. The molecule has 0 aliphatic carbocycles. The first kappa shape index (κ1) is 17.2. The van der Waals surface area contributed by atoms with Crippen LogP contribution in [0.5, 0.6) is 0 Å². The normalized spacial score (nSPS) is 30.0. The second-order valence-corrected chi connectivity index (χ2v) is 7.01. The molecule has 0 aromatic heterocycles. The van der Waals surface area contributed by atoms with Gasteiger partial charge in [0.2, 0.25) is 0 Å². The number of hydrogen-bond acceptors (Lipinski definition) is 4. The van der Waals surface area contributed by atoms with E-state index in [-0.39, 0.29) is 0 Å². The van der Waals surface area contributed by atoms with E-state index in [0.29, 0.717) is 0 Å². The highest BCUT2D eigenvalue weighted by atomic mass is 16.5. The minimum Gasteiger partial charge on any atom is -0.379 e. The number of likely N-dealkylation sites (N-methyl/N-ethyl adjacent to an activating group) is 1. The molecule has 124 valence electrons. The third kappa shape index (κ3) is 5.51. The van der Waals surface area contributed by atoms with Crippen LogP contribution in [0.25, 0.3) is 0 Å². The molecule has 0 amide bonds. The van der Waals surface area contributed by atoms with E-state index in [2.05, 4.69) is 36.1 Å². The van der Waals surface area contributed by atoms with Crippen molar-refractivity contribution in [3.05, 3.63) is 0 Å². The van der Waals surface area contributed by atoms with Crippen molar-refractivity contribution in [3.8, 4) is 0 Å². The average Bonchev–Trinajstić information content (AvgIpc) is 2.44. The number of rotatable bonds is 9. The minimum atomic E-state index is 0.756. The molecule has 0 aromatic rings. The van der Waals surface area contributed by atoms with Gasteiger partial charge in [0.15, 0.2) is 0 Å². The molecule has 1 N–H and O–H groups in total. The first-order valence-corrected chi connectivity index (χ1v) is 8.92. The lowest BCUT2D eigenvalue weighted by atomic mass is 9.81. The smallest absolute Gasteiger partial charge is 0.0594 e. The van der Waals surface area contributed by atoms with E-state index in [9.17, 15) is 0 Å². The fraction of sp³-hybridized carbons (Fsp3) is 1.00. The molecule has 2 heterocycles. The highest BCUT2D eigenvalue weighted by Crippen LogP contribution is 2.33. The van der Waals surface area contributed by atoms with Crippen molar-refractivity contribution in [2.24, 2.45) is 0 Å². The van der Waals surface area contributed by atoms with Crippen molar-refractivity contribution in [1.29, 1.82) is 0 Å². The quantitative estimate of drug-likeness (QED) is 0.658. The second-order valence-electron chi connectivity index (χ2n) is 7.01. The van der Waals surface area contributed by atoms with Gasteiger partial charge in [0.1, 0.15) is 0 Å². The van der Waals surface area contributed by atoms with Crippen LogP contribution in [0.2, 0.25) is 0 Å². The molecule has 0 spiro atoms. The van der Waals surface area contributed by atoms with Crippen LogP contribution < -0.4 is 5.32 Å². The monoisotopic (exact) mass is 297 g/mol. The molecule has 2 bridgehead atoms. The molecule has 2 aliphatic rings. The van der Waals surface area contributed by atoms with E-state index in [1.54, 1.807) is 0 Å². The van der Waals surface area contributed by atoms with Gasteiger partial charge in [-0.05, 0) is 52.7 Å². The summed E-state index contributed by atoms with van der Waals surface area (Å²) in [4.78, 5) is 4.93. The summed E-state index contributed by atoms with van der Waals surface area (Å²) in [5.41, 5.74) is 0. The summed E-state index contributed by atoms with van der Waals surface area (Å²) in [5.74, 6) is 0. The summed E-state index contributed by atoms with van der Waals surface area (Å²) in [6, 6.07) is 2.35. The molecule has 2 aliphatic heterocycles. The molecule has 2 atom stereocenters. The van der Waals surface area contributed by atoms with E-state index in [1.807, 2.05) is 0 Å². The first-order valence-electron chi connectivity index (χ1n) is 8.92. The van der Waals surface area contributed by atoms with Crippen LogP contribution >= 0.6 is 0 Å². The highest BCUT2D eigenvalue weighted by molar-refractivity contribution is 4.94. The SMILES string of the molecule is CCCNC1CC2CCCC(C1)N2CCOCCN(C)C. The van der Waals surface area contributed by atoms with Crippen molar-refractivity contribution in [1.82, 2.24) is 15.1 Å². The van der Waals surface area contributed by atoms with Crippen molar-refractivity contribution in [2.45, 2.75) is 63.6 Å². The van der Waals surface area contributed by atoms with Crippen LogP contribution in [0.15, 0.2) is 0 Å². The van der Waals surface area contributed by atoms with Gasteiger partial charge in [-0.2, -0.15) is 0 Å².